The SMILES string of the molecule is COc1cc(CN2CCN(CC=C(C)C)[C@H](CCO)C2)ccc1O. The van der Waals surface area contributed by atoms with E-state index in [1.165, 1.54) is 5.57 Å². The molecule has 2 rings (SSSR count). The molecule has 0 bridgehead atoms. The Balaban J connectivity index is 1.99. The van der Waals surface area contributed by atoms with Crippen molar-refractivity contribution in [3.8, 4) is 11.5 Å². The van der Waals surface area contributed by atoms with Gasteiger partial charge >= 0.3 is 0 Å². The van der Waals surface area contributed by atoms with E-state index in [1.54, 1.807) is 13.2 Å². The summed E-state index contributed by atoms with van der Waals surface area (Å²) in [5.41, 5.74) is 2.46. The summed E-state index contributed by atoms with van der Waals surface area (Å²) >= 11 is 0. The molecule has 0 aliphatic carbocycles. The van der Waals surface area contributed by atoms with Crippen LogP contribution in [0, 0.1) is 0 Å². The zero-order valence-electron chi connectivity index (χ0n) is 15.0. The van der Waals surface area contributed by atoms with Crippen molar-refractivity contribution in [2.24, 2.45) is 0 Å². The number of phenolic OH excluding ortho intramolecular Hbond substituents is 1. The van der Waals surface area contributed by atoms with Gasteiger partial charge in [0, 0.05) is 45.4 Å². The number of ether oxygens (including phenoxy) is 1. The predicted octanol–water partition coefficient (Wildman–Crippen LogP) is 2.24. The largest absolute Gasteiger partial charge is 0.504 e. The van der Waals surface area contributed by atoms with Gasteiger partial charge in [0.05, 0.1) is 7.11 Å². The van der Waals surface area contributed by atoms with Gasteiger partial charge in [-0.2, -0.15) is 0 Å². The first-order chi connectivity index (χ1) is 11.5. The molecule has 2 N–H and O–H groups in total. The minimum atomic E-state index is 0.172. The lowest BCUT2D eigenvalue weighted by Gasteiger charge is -2.41. The van der Waals surface area contributed by atoms with Gasteiger partial charge < -0.3 is 14.9 Å². The van der Waals surface area contributed by atoms with Crippen LogP contribution in [-0.2, 0) is 6.54 Å². The van der Waals surface area contributed by atoms with Crippen molar-refractivity contribution in [1.82, 2.24) is 9.80 Å². The molecule has 1 aliphatic heterocycles. The van der Waals surface area contributed by atoms with Crippen molar-refractivity contribution < 1.29 is 14.9 Å². The van der Waals surface area contributed by atoms with E-state index < -0.39 is 0 Å². The topological polar surface area (TPSA) is 56.2 Å². The first kappa shape index (κ1) is 18.8. The van der Waals surface area contributed by atoms with Crippen molar-refractivity contribution in [3.05, 3.63) is 35.4 Å². The van der Waals surface area contributed by atoms with Crippen LogP contribution in [0.1, 0.15) is 25.8 Å². The molecule has 5 nitrogen and oxygen atoms in total. The highest BCUT2D eigenvalue weighted by Gasteiger charge is 2.26. The third-order valence-electron chi connectivity index (χ3n) is 4.54. The number of aliphatic hydroxyl groups is 1. The fourth-order valence-corrected chi connectivity index (χ4v) is 3.14. The van der Waals surface area contributed by atoms with E-state index in [2.05, 4.69) is 29.7 Å². The van der Waals surface area contributed by atoms with Crippen LogP contribution >= 0.6 is 0 Å². The van der Waals surface area contributed by atoms with Gasteiger partial charge in [0.15, 0.2) is 11.5 Å². The van der Waals surface area contributed by atoms with Crippen LogP contribution < -0.4 is 4.74 Å². The maximum Gasteiger partial charge on any atom is 0.160 e. The Kier molecular flexibility index (Phi) is 7.09. The number of hydrogen-bond acceptors (Lipinski definition) is 5. The number of rotatable bonds is 7. The van der Waals surface area contributed by atoms with E-state index in [9.17, 15) is 10.2 Å². The van der Waals surface area contributed by atoms with E-state index in [1.807, 2.05) is 12.1 Å². The number of methoxy groups -OCH3 is 1. The zero-order chi connectivity index (χ0) is 17.5. The number of phenols is 1. The second kappa shape index (κ2) is 9.06. The van der Waals surface area contributed by atoms with Crippen LogP contribution in [0.15, 0.2) is 29.8 Å². The Morgan fingerprint density at radius 2 is 2.12 bits per heavy atom. The van der Waals surface area contributed by atoms with Gasteiger partial charge in [-0.25, -0.2) is 0 Å². The van der Waals surface area contributed by atoms with Crippen molar-refractivity contribution in [2.45, 2.75) is 32.9 Å². The Bertz CT molecular complexity index is 556. The number of aliphatic hydroxyl groups excluding tert-OH is 1. The maximum atomic E-state index is 9.71. The molecule has 0 amide bonds. The summed E-state index contributed by atoms with van der Waals surface area (Å²) in [6.45, 7) is 9.19. The Morgan fingerprint density at radius 3 is 2.79 bits per heavy atom. The van der Waals surface area contributed by atoms with Gasteiger partial charge in [0.1, 0.15) is 0 Å². The zero-order valence-corrected chi connectivity index (χ0v) is 15.0. The van der Waals surface area contributed by atoms with Crippen LogP contribution in [-0.4, -0.2) is 66.0 Å². The number of nitrogens with zero attached hydrogens (tertiary/aromatic N) is 2. The third-order valence-corrected chi connectivity index (χ3v) is 4.54. The van der Waals surface area contributed by atoms with Crippen molar-refractivity contribution in [2.75, 3.05) is 39.9 Å². The fourth-order valence-electron chi connectivity index (χ4n) is 3.14. The average molecular weight is 334 g/mol. The molecule has 1 aromatic carbocycles. The number of piperazine rings is 1. The van der Waals surface area contributed by atoms with Gasteiger partial charge in [0.2, 0.25) is 0 Å². The molecule has 1 aromatic rings. The van der Waals surface area contributed by atoms with E-state index in [0.29, 0.717) is 11.8 Å². The smallest absolute Gasteiger partial charge is 0.160 e. The van der Waals surface area contributed by atoms with Crippen molar-refractivity contribution >= 4 is 0 Å². The van der Waals surface area contributed by atoms with Gasteiger partial charge in [-0.15, -0.1) is 0 Å². The summed E-state index contributed by atoms with van der Waals surface area (Å²) in [5.74, 6) is 0.688. The summed E-state index contributed by atoms with van der Waals surface area (Å²) < 4.78 is 5.19. The highest BCUT2D eigenvalue weighted by atomic mass is 16.5. The molecule has 24 heavy (non-hydrogen) atoms. The highest BCUT2D eigenvalue weighted by molar-refractivity contribution is 5.41. The lowest BCUT2D eigenvalue weighted by Crippen LogP contribution is -2.53. The molecular weight excluding hydrogens is 304 g/mol. The molecule has 1 saturated heterocycles. The van der Waals surface area contributed by atoms with Gasteiger partial charge in [-0.1, -0.05) is 17.7 Å². The monoisotopic (exact) mass is 334 g/mol. The second-order valence-electron chi connectivity index (χ2n) is 6.68. The Morgan fingerprint density at radius 1 is 1.33 bits per heavy atom. The molecular formula is C19H30N2O3. The lowest BCUT2D eigenvalue weighted by molar-refractivity contribution is 0.0636. The molecule has 0 unspecified atom stereocenters. The number of hydrogen-bond donors (Lipinski definition) is 2. The van der Waals surface area contributed by atoms with Crippen LogP contribution in [0.3, 0.4) is 0 Å². The summed E-state index contributed by atoms with van der Waals surface area (Å²) in [4.78, 5) is 4.86. The standard InChI is InChI=1S/C19H30N2O3/c1-15(2)6-8-21-10-9-20(14-17(21)7-11-22)13-16-4-5-18(23)19(12-16)24-3/h4-6,12,17,22-23H,7-11,13-14H2,1-3H3/t17-/m1/s1. The minimum absolute atomic E-state index is 0.172. The van der Waals surface area contributed by atoms with E-state index in [-0.39, 0.29) is 12.4 Å². The molecule has 5 heteroatoms. The van der Waals surface area contributed by atoms with Gasteiger partial charge in [-0.05, 0) is 38.0 Å². The number of aromatic hydroxyl groups is 1. The van der Waals surface area contributed by atoms with E-state index in [0.717, 1.165) is 44.7 Å². The quantitative estimate of drug-likeness (QED) is 0.749. The Labute approximate surface area is 145 Å². The minimum Gasteiger partial charge on any atom is -0.504 e. The molecule has 0 spiro atoms. The van der Waals surface area contributed by atoms with Crippen molar-refractivity contribution in [3.63, 3.8) is 0 Å². The molecule has 1 fully saturated rings. The molecule has 1 heterocycles. The fraction of sp³-hybridized carbons (Fsp3) is 0.579. The van der Waals surface area contributed by atoms with Gasteiger partial charge in [0.25, 0.3) is 0 Å². The normalized spacial score (nSPS) is 19.2. The number of allylic oxidation sites excluding steroid dienone is 1. The first-order valence-electron chi connectivity index (χ1n) is 8.60. The van der Waals surface area contributed by atoms with Gasteiger partial charge in [-0.3, -0.25) is 9.80 Å². The molecule has 0 aromatic heterocycles. The molecule has 1 atom stereocenters. The predicted molar refractivity (Wildman–Crippen MR) is 96.4 cm³/mol. The van der Waals surface area contributed by atoms with Crippen LogP contribution in [0.4, 0.5) is 0 Å². The maximum absolute atomic E-state index is 9.71. The summed E-state index contributed by atoms with van der Waals surface area (Å²) in [6, 6.07) is 5.89. The summed E-state index contributed by atoms with van der Waals surface area (Å²) in [6.07, 6.45) is 3.05. The number of benzene rings is 1. The second-order valence-corrected chi connectivity index (χ2v) is 6.68. The first-order valence-corrected chi connectivity index (χ1v) is 8.60. The molecule has 1 aliphatic rings. The van der Waals surface area contributed by atoms with Crippen molar-refractivity contribution in [1.29, 1.82) is 0 Å². The van der Waals surface area contributed by atoms with Crippen LogP contribution in [0.25, 0.3) is 0 Å². The Hall–Kier alpha value is -1.56. The third kappa shape index (κ3) is 5.23. The van der Waals surface area contributed by atoms with E-state index in [4.69, 9.17) is 4.74 Å². The molecule has 0 saturated carbocycles. The van der Waals surface area contributed by atoms with E-state index >= 15 is 0 Å². The van der Waals surface area contributed by atoms with Crippen LogP contribution in [0.5, 0.6) is 11.5 Å². The van der Waals surface area contributed by atoms with Crippen LogP contribution in [0.2, 0.25) is 0 Å². The molecule has 134 valence electrons. The average Bonchev–Trinajstić information content (AvgIpc) is 2.56. The highest BCUT2D eigenvalue weighted by Crippen LogP contribution is 2.27. The molecule has 0 radical (unpaired) electrons. The summed E-state index contributed by atoms with van der Waals surface area (Å²) in [5, 5.41) is 19.1. The summed E-state index contributed by atoms with van der Waals surface area (Å²) in [7, 11) is 1.57. The lowest BCUT2D eigenvalue weighted by atomic mass is 10.1.